The van der Waals surface area contributed by atoms with E-state index in [1.165, 1.54) is 12.1 Å². The van der Waals surface area contributed by atoms with Gasteiger partial charge in [-0.1, -0.05) is 0 Å². The summed E-state index contributed by atoms with van der Waals surface area (Å²) in [6.45, 7) is 0.503. The van der Waals surface area contributed by atoms with Crippen LogP contribution in [0.2, 0.25) is 0 Å². The van der Waals surface area contributed by atoms with Crippen LogP contribution >= 0.6 is 0 Å². The quantitative estimate of drug-likeness (QED) is 0.579. The Morgan fingerprint density at radius 3 is 2.94 bits per heavy atom. The van der Waals surface area contributed by atoms with Gasteiger partial charge in [-0.3, -0.25) is 14.9 Å². The third-order valence-electron chi connectivity index (χ3n) is 2.65. The summed E-state index contributed by atoms with van der Waals surface area (Å²) in [5.74, 6) is -0.160. The molecule has 1 aromatic rings. The van der Waals surface area contributed by atoms with Crippen molar-refractivity contribution in [2.24, 2.45) is 5.73 Å². The van der Waals surface area contributed by atoms with Gasteiger partial charge in [-0.25, -0.2) is 0 Å². The molecule has 6 nitrogen and oxygen atoms in total. The largest absolute Gasteiger partial charge is 0.322 e. The minimum atomic E-state index is -0.437. The first-order valence-corrected chi connectivity index (χ1v) is 4.91. The molecular weight excluding hydrogens is 210 g/mol. The summed E-state index contributed by atoms with van der Waals surface area (Å²) in [6.07, 6.45) is 0.642. The molecule has 1 amide bonds. The van der Waals surface area contributed by atoms with Gasteiger partial charge in [0.1, 0.15) is 0 Å². The minimum absolute atomic E-state index is 0.0452. The summed E-state index contributed by atoms with van der Waals surface area (Å²) < 4.78 is 0. The molecule has 84 valence electrons. The van der Waals surface area contributed by atoms with E-state index in [-0.39, 0.29) is 18.1 Å². The van der Waals surface area contributed by atoms with Crippen molar-refractivity contribution in [2.45, 2.75) is 6.42 Å². The summed E-state index contributed by atoms with van der Waals surface area (Å²) in [7, 11) is 0. The fourth-order valence-electron chi connectivity index (χ4n) is 1.87. The highest BCUT2D eigenvalue weighted by Gasteiger charge is 2.25. The van der Waals surface area contributed by atoms with E-state index in [0.29, 0.717) is 13.0 Å². The molecule has 6 heteroatoms. The van der Waals surface area contributed by atoms with Gasteiger partial charge in [-0.2, -0.15) is 0 Å². The van der Waals surface area contributed by atoms with Gasteiger partial charge in [0, 0.05) is 24.4 Å². The number of nitro groups is 1. The first-order valence-electron chi connectivity index (χ1n) is 4.91. The van der Waals surface area contributed by atoms with Gasteiger partial charge in [0.25, 0.3) is 5.69 Å². The van der Waals surface area contributed by atoms with E-state index < -0.39 is 4.92 Å². The maximum Gasteiger partial charge on any atom is 0.269 e. The molecule has 0 fully saturated rings. The third kappa shape index (κ3) is 1.63. The zero-order chi connectivity index (χ0) is 11.7. The van der Waals surface area contributed by atoms with Crippen LogP contribution in [-0.4, -0.2) is 23.9 Å². The van der Waals surface area contributed by atoms with Crippen LogP contribution in [0, 0.1) is 10.1 Å². The monoisotopic (exact) mass is 221 g/mol. The Bertz CT molecular complexity index is 459. The van der Waals surface area contributed by atoms with Crippen LogP contribution in [0.15, 0.2) is 18.2 Å². The highest BCUT2D eigenvalue weighted by atomic mass is 16.6. The van der Waals surface area contributed by atoms with Crippen molar-refractivity contribution in [1.82, 2.24) is 0 Å². The molecule has 1 aliphatic heterocycles. The number of carbonyl (C=O) groups is 1. The van der Waals surface area contributed by atoms with Crippen LogP contribution in [0.1, 0.15) is 5.56 Å². The van der Waals surface area contributed by atoms with E-state index in [4.69, 9.17) is 5.73 Å². The second-order valence-corrected chi connectivity index (χ2v) is 3.57. The molecule has 0 spiro atoms. The summed E-state index contributed by atoms with van der Waals surface area (Å²) in [5.41, 5.74) is 6.91. The standard InChI is InChI=1S/C10H11N3O3/c11-6-10(14)12-4-3-7-5-8(13(15)16)1-2-9(7)12/h1-2,5H,3-4,6,11H2. The van der Waals surface area contributed by atoms with Gasteiger partial charge in [0.2, 0.25) is 5.91 Å². The Morgan fingerprint density at radius 2 is 2.31 bits per heavy atom. The average molecular weight is 221 g/mol. The van der Waals surface area contributed by atoms with Crippen molar-refractivity contribution in [3.05, 3.63) is 33.9 Å². The normalized spacial score (nSPS) is 13.7. The smallest absolute Gasteiger partial charge is 0.269 e. The SMILES string of the molecule is NCC(=O)N1CCc2cc([N+](=O)[O-])ccc21. The minimum Gasteiger partial charge on any atom is -0.322 e. The van der Waals surface area contributed by atoms with Crippen molar-refractivity contribution in [3.63, 3.8) is 0 Å². The number of anilines is 1. The second kappa shape index (κ2) is 3.90. The van der Waals surface area contributed by atoms with E-state index in [1.807, 2.05) is 0 Å². The van der Waals surface area contributed by atoms with E-state index in [1.54, 1.807) is 11.0 Å². The average Bonchev–Trinajstić information content (AvgIpc) is 2.70. The topological polar surface area (TPSA) is 89.5 Å². The number of nitro benzene ring substituents is 1. The number of amides is 1. The third-order valence-corrected chi connectivity index (χ3v) is 2.65. The molecular formula is C10H11N3O3. The Morgan fingerprint density at radius 1 is 1.56 bits per heavy atom. The maximum atomic E-state index is 11.5. The molecule has 0 unspecified atom stereocenters. The lowest BCUT2D eigenvalue weighted by atomic mass is 10.1. The van der Waals surface area contributed by atoms with Gasteiger partial charge in [0.05, 0.1) is 11.5 Å². The summed E-state index contributed by atoms with van der Waals surface area (Å²) >= 11 is 0. The van der Waals surface area contributed by atoms with Crippen LogP contribution < -0.4 is 10.6 Å². The van der Waals surface area contributed by atoms with E-state index in [9.17, 15) is 14.9 Å². The van der Waals surface area contributed by atoms with Gasteiger partial charge < -0.3 is 10.6 Å². The van der Waals surface area contributed by atoms with Gasteiger partial charge in [0.15, 0.2) is 0 Å². The Balaban J connectivity index is 2.36. The molecule has 0 saturated heterocycles. The molecule has 0 aromatic heterocycles. The first-order chi connectivity index (χ1) is 7.63. The fourth-order valence-corrected chi connectivity index (χ4v) is 1.87. The number of benzene rings is 1. The van der Waals surface area contributed by atoms with Crippen LogP contribution in [-0.2, 0) is 11.2 Å². The van der Waals surface area contributed by atoms with Crippen molar-refractivity contribution >= 4 is 17.3 Å². The Kier molecular flexibility index (Phi) is 2.57. The first kappa shape index (κ1) is 10.6. The van der Waals surface area contributed by atoms with Crippen molar-refractivity contribution in [2.75, 3.05) is 18.0 Å². The second-order valence-electron chi connectivity index (χ2n) is 3.57. The predicted molar refractivity (Wildman–Crippen MR) is 58.2 cm³/mol. The molecule has 1 heterocycles. The molecule has 16 heavy (non-hydrogen) atoms. The number of carbonyl (C=O) groups excluding carboxylic acids is 1. The lowest BCUT2D eigenvalue weighted by Crippen LogP contribution is -2.34. The lowest BCUT2D eigenvalue weighted by molar-refractivity contribution is -0.384. The molecule has 0 radical (unpaired) electrons. The maximum absolute atomic E-state index is 11.5. The van der Waals surface area contributed by atoms with Gasteiger partial charge in [-0.05, 0) is 18.1 Å². The Hall–Kier alpha value is -1.95. The fraction of sp³-hybridized carbons (Fsp3) is 0.300. The van der Waals surface area contributed by atoms with Crippen LogP contribution in [0.25, 0.3) is 0 Å². The number of rotatable bonds is 2. The molecule has 0 saturated carbocycles. The van der Waals surface area contributed by atoms with E-state index >= 15 is 0 Å². The lowest BCUT2D eigenvalue weighted by Gasteiger charge is -2.15. The van der Waals surface area contributed by atoms with Gasteiger partial charge >= 0.3 is 0 Å². The molecule has 0 aliphatic carbocycles. The summed E-state index contributed by atoms with van der Waals surface area (Å²) in [5, 5.41) is 10.6. The number of nitrogens with zero attached hydrogens (tertiary/aromatic N) is 2. The molecule has 1 aliphatic rings. The highest BCUT2D eigenvalue weighted by molar-refractivity contribution is 5.96. The summed E-state index contributed by atoms with van der Waals surface area (Å²) in [6, 6.07) is 4.52. The number of fused-ring (bicyclic) bond motifs is 1. The zero-order valence-corrected chi connectivity index (χ0v) is 8.55. The number of hydrogen-bond acceptors (Lipinski definition) is 4. The van der Waals surface area contributed by atoms with E-state index in [0.717, 1.165) is 11.3 Å². The summed E-state index contributed by atoms with van der Waals surface area (Å²) in [4.78, 5) is 23.2. The van der Waals surface area contributed by atoms with Crippen molar-refractivity contribution < 1.29 is 9.72 Å². The van der Waals surface area contributed by atoms with Crippen molar-refractivity contribution in [3.8, 4) is 0 Å². The van der Waals surface area contributed by atoms with Gasteiger partial charge in [-0.15, -0.1) is 0 Å². The number of nitrogens with two attached hydrogens (primary N) is 1. The van der Waals surface area contributed by atoms with E-state index in [2.05, 4.69) is 0 Å². The number of hydrogen-bond donors (Lipinski definition) is 1. The number of non-ortho nitro benzene ring substituents is 1. The van der Waals surface area contributed by atoms with Crippen molar-refractivity contribution in [1.29, 1.82) is 0 Å². The van der Waals surface area contributed by atoms with Crippen LogP contribution in [0.4, 0.5) is 11.4 Å². The highest BCUT2D eigenvalue weighted by Crippen LogP contribution is 2.30. The predicted octanol–water partition coefficient (Wildman–Crippen LogP) is 0.443. The molecule has 2 N–H and O–H groups in total. The molecule has 0 bridgehead atoms. The molecule has 1 aromatic carbocycles. The van der Waals surface area contributed by atoms with Crippen LogP contribution in [0.3, 0.4) is 0 Å². The molecule has 2 rings (SSSR count). The zero-order valence-electron chi connectivity index (χ0n) is 8.55. The Labute approximate surface area is 91.8 Å². The molecule has 0 atom stereocenters. The van der Waals surface area contributed by atoms with Crippen LogP contribution in [0.5, 0.6) is 0 Å².